The Morgan fingerprint density at radius 2 is 2.10 bits per heavy atom. The molecular formula is C16H28N2S2. The highest BCUT2D eigenvalue weighted by molar-refractivity contribution is 8.00. The van der Waals surface area contributed by atoms with Crippen molar-refractivity contribution in [3.63, 3.8) is 0 Å². The summed E-state index contributed by atoms with van der Waals surface area (Å²) in [5, 5.41) is 7.98. The van der Waals surface area contributed by atoms with Crippen molar-refractivity contribution in [3.05, 3.63) is 16.1 Å². The van der Waals surface area contributed by atoms with Gasteiger partial charge in [-0.3, -0.25) is 0 Å². The molecule has 0 amide bonds. The summed E-state index contributed by atoms with van der Waals surface area (Å²) in [7, 11) is 0. The third-order valence-corrected chi connectivity index (χ3v) is 6.42. The Morgan fingerprint density at radius 3 is 2.60 bits per heavy atom. The summed E-state index contributed by atoms with van der Waals surface area (Å²) in [6.45, 7) is 13.6. The number of rotatable bonds is 3. The minimum absolute atomic E-state index is 0.0608. The maximum Gasteiger partial charge on any atom is 0.114 e. The normalized spacial score (nSPS) is 28.1. The van der Waals surface area contributed by atoms with E-state index >= 15 is 0 Å². The van der Waals surface area contributed by atoms with Crippen LogP contribution < -0.4 is 5.32 Å². The minimum atomic E-state index is 0.0608. The van der Waals surface area contributed by atoms with Crippen molar-refractivity contribution in [2.45, 2.75) is 76.6 Å². The molecular weight excluding hydrogens is 284 g/mol. The van der Waals surface area contributed by atoms with Crippen LogP contribution in [0.3, 0.4) is 0 Å². The van der Waals surface area contributed by atoms with Gasteiger partial charge in [0.15, 0.2) is 0 Å². The maximum atomic E-state index is 5.02. The summed E-state index contributed by atoms with van der Waals surface area (Å²) in [6, 6.07) is 0.484. The van der Waals surface area contributed by atoms with Crippen molar-refractivity contribution in [1.82, 2.24) is 10.3 Å². The number of nitrogens with zero attached hydrogens (tertiary/aromatic N) is 1. The second kappa shape index (κ2) is 5.98. The van der Waals surface area contributed by atoms with Gasteiger partial charge in [0.2, 0.25) is 0 Å². The Bertz CT molecular complexity index is 448. The van der Waals surface area contributed by atoms with Gasteiger partial charge in [-0.05, 0) is 32.4 Å². The zero-order valence-corrected chi connectivity index (χ0v) is 15.3. The average Bonchev–Trinajstić information content (AvgIpc) is 2.81. The third-order valence-electron chi connectivity index (χ3n) is 3.98. The van der Waals surface area contributed by atoms with Crippen molar-refractivity contribution in [1.29, 1.82) is 0 Å². The smallest absolute Gasteiger partial charge is 0.114 e. The molecule has 2 atom stereocenters. The average molecular weight is 313 g/mol. The van der Waals surface area contributed by atoms with E-state index in [0.717, 1.165) is 0 Å². The molecule has 1 N–H and O–H groups in total. The van der Waals surface area contributed by atoms with E-state index in [1.165, 1.54) is 29.3 Å². The molecule has 2 nitrogen and oxygen atoms in total. The first-order valence-corrected chi connectivity index (χ1v) is 9.54. The van der Waals surface area contributed by atoms with Gasteiger partial charge in [0.25, 0.3) is 0 Å². The monoisotopic (exact) mass is 312 g/mol. The summed E-state index contributed by atoms with van der Waals surface area (Å²) in [5.74, 6) is 1.28. The Morgan fingerprint density at radius 1 is 1.40 bits per heavy atom. The number of thioether (sulfide) groups is 1. The largest absolute Gasteiger partial charge is 0.302 e. The summed E-state index contributed by atoms with van der Waals surface area (Å²) in [6.07, 6.45) is 2.48. The number of thiazole rings is 1. The van der Waals surface area contributed by atoms with Gasteiger partial charge in [0.1, 0.15) is 5.01 Å². The van der Waals surface area contributed by atoms with Crippen LogP contribution in [-0.4, -0.2) is 22.0 Å². The zero-order valence-electron chi connectivity index (χ0n) is 13.6. The van der Waals surface area contributed by atoms with E-state index in [-0.39, 0.29) is 11.0 Å². The van der Waals surface area contributed by atoms with Crippen molar-refractivity contribution in [2.75, 3.05) is 5.75 Å². The van der Waals surface area contributed by atoms with E-state index in [9.17, 15) is 0 Å². The van der Waals surface area contributed by atoms with Gasteiger partial charge < -0.3 is 5.32 Å². The lowest BCUT2D eigenvalue weighted by molar-refractivity contribution is 0.270. The lowest BCUT2D eigenvalue weighted by Gasteiger charge is -2.43. The second-order valence-corrected chi connectivity index (χ2v) is 9.48. The van der Waals surface area contributed by atoms with E-state index < -0.39 is 0 Å². The molecule has 2 rings (SSSR count). The Balaban J connectivity index is 2.38. The Labute approximate surface area is 132 Å². The number of nitrogens with one attached hydrogen (secondary N) is 1. The maximum absolute atomic E-state index is 5.02. The fraction of sp³-hybridized carbons (Fsp3) is 0.812. The van der Waals surface area contributed by atoms with Gasteiger partial charge in [-0.1, -0.05) is 27.7 Å². The fourth-order valence-corrected chi connectivity index (χ4v) is 5.48. The van der Waals surface area contributed by atoms with Crippen molar-refractivity contribution < 1.29 is 0 Å². The summed E-state index contributed by atoms with van der Waals surface area (Å²) >= 11 is 3.92. The second-order valence-electron chi connectivity index (χ2n) is 7.17. The van der Waals surface area contributed by atoms with Gasteiger partial charge in [0.05, 0.1) is 11.2 Å². The summed E-state index contributed by atoms with van der Waals surface area (Å²) in [5.41, 5.74) is 1.43. The van der Waals surface area contributed by atoms with E-state index in [0.29, 0.717) is 11.3 Å². The van der Waals surface area contributed by atoms with Gasteiger partial charge in [-0.2, -0.15) is 11.8 Å². The zero-order chi connectivity index (χ0) is 15.0. The van der Waals surface area contributed by atoms with Crippen LogP contribution in [-0.2, 0) is 11.0 Å². The molecule has 1 fully saturated rings. The molecule has 0 bridgehead atoms. The summed E-state index contributed by atoms with van der Waals surface area (Å²) in [4.78, 5) is 5.02. The molecule has 0 spiro atoms. The molecule has 2 heterocycles. The molecule has 2 unspecified atom stereocenters. The molecule has 1 aromatic rings. The highest BCUT2D eigenvalue weighted by atomic mass is 32.2. The number of hydrogen-bond donors (Lipinski definition) is 1. The predicted molar refractivity (Wildman–Crippen MR) is 91.9 cm³/mol. The van der Waals surface area contributed by atoms with Gasteiger partial charge >= 0.3 is 0 Å². The van der Waals surface area contributed by atoms with Crippen molar-refractivity contribution in [2.24, 2.45) is 0 Å². The molecule has 1 aliphatic heterocycles. The van der Waals surface area contributed by atoms with Crippen molar-refractivity contribution >= 4 is 23.1 Å². The predicted octanol–water partition coefficient (Wildman–Crippen LogP) is 4.55. The van der Waals surface area contributed by atoms with Crippen LogP contribution in [0.1, 0.15) is 65.1 Å². The van der Waals surface area contributed by atoms with Crippen LogP contribution in [0.2, 0.25) is 0 Å². The first-order chi connectivity index (χ1) is 9.25. The first kappa shape index (κ1) is 16.3. The minimum Gasteiger partial charge on any atom is -0.302 e. The van der Waals surface area contributed by atoms with Crippen LogP contribution in [0.25, 0.3) is 0 Å². The molecule has 4 heteroatoms. The molecule has 0 radical (unpaired) electrons. The Kier molecular flexibility index (Phi) is 4.87. The highest BCUT2D eigenvalue weighted by Crippen LogP contribution is 2.43. The van der Waals surface area contributed by atoms with Gasteiger partial charge in [0, 0.05) is 22.1 Å². The van der Waals surface area contributed by atoms with Gasteiger partial charge in [-0.25, -0.2) is 4.98 Å². The van der Waals surface area contributed by atoms with Gasteiger partial charge in [-0.15, -0.1) is 11.3 Å². The lowest BCUT2D eigenvalue weighted by Crippen LogP contribution is -2.53. The SMILES string of the molecule is CC(C)NC1(c2nc(C(C)(C)C)cs2)CCCSC1C. The first-order valence-electron chi connectivity index (χ1n) is 7.61. The van der Waals surface area contributed by atoms with E-state index in [4.69, 9.17) is 4.98 Å². The third kappa shape index (κ3) is 3.23. The molecule has 0 aromatic carbocycles. The molecule has 1 aromatic heterocycles. The molecule has 20 heavy (non-hydrogen) atoms. The quantitative estimate of drug-likeness (QED) is 0.886. The van der Waals surface area contributed by atoms with Crippen LogP contribution in [0, 0.1) is 0 Å². The summed E-state index contributed by atoms with van der Waals surface area (Å²) < 4.78 is 0. The Hall–Kier alpha value is -0.0600. The highest BCUT2D eigenvalue weighted by Gasteiger charge is 2.43. The topological polar surface area (TPSA) is 24.9 Å². The molecule has 1 saturated heterocycles. The number of aromatic nitrogens is 1. The van der Waals surface area contributed by atoms with E-state index in [1.807, 2.05) is 11.3 Å². The lowest BCUT2D eigenvalue weighted by atomic mass is 9.88. The number of hydrogen-bond acceptors (Lipinski definition) is 4. The van der Waals surface area contributed by atoms with E-state index in [1.54, 1.807) is 0 Å². The van der Waals surface area contributed by atoms with Crippen LogP contribution in [0.4, 0.5) is 0 Å². The van der Waals surface area contributed by atoms with Crippen molar-refractivity contribution in [3.8, 4) is 0 Å². The molecule has 1 aliphatic rings. The van der Waals surface area contributed by atoms with Crippen LogP contribution >= 0.6 is 23.1 Å². The fourth-order valence-electron chi connectivity index (χ4n) is 2.83. The molecule has 0 aliphatic carbocycles. The molecule has 114 valence electrons. The molecule has 0 saturated carbocycles. The van der Waals surface area contributed by atoms with Crippen LogP contribution in [0.5, 0.6) is 0 Å². The van der Waals surface area contributed by atoms with Crippen LogP contribution in [0.15, 0.2) is 5.38 Å². The van der Waals surface area contributed by atoms with E-state index in [2.05, 4.69) is 64.0 Å². The standard InChI is InChI=1S/C16H28N2S2/c1-11(2)18-16(8-7-9-19-12(16)3)14-17-13(10-20-14)15(4,5)6/h10-12,18H,7-9H2,1-6H3.